The topological polar surface area (TPSA) is 64.3 Å². The van der Waals surface area contributed by atoms with Gasteiger partial charge < -0.3 is 15.8 Å². The van der Waals surface area contributed by atoms with Crippen molar-refractivity contribution in [3.05, 3.63) is 29.8 Å². The highest BCUT2D eigenvalue weighted by Gasteiger charge is 2.08. The van der Waals surface area contributed by atoms with E-state index in [0.29, 0.717) is 24.6 Å². The Morgan fingerprint density at radius 2 is 1.85 bits per heavy atom. The lowest BCUT2D eigenvalue weighted by Gasteiger charge is -2.12. The number of amides is 1. The third-order valence-corrected chi connectivity index (χ3v) is 2.81. The number of nitrogens with one attached hydrogen (secondary N) is 1. The van der Waals surface area contributed by atoms with Gasteiger partial charge in [0.05, 0.1) is 6.61 Å². The van der Waals surface area contributed by atoms with Gasteiger partial charge in [-0.25, -0.2) is 0 Å². The van der Waals surface area contributed by atoms with Crippen LogP contribution in [0.25, 0.3) is 0 Å². The van der Waals surface area contributed by atoms with Crippen LogP contribution in [0.1, 0.15) is 37.6 Å². The molecule has 1 rings (SSSR count). The molecular formula is C15H25ClN2O2. The summed E-state index contributed by atoms with van der Waals surface area (Å²) in [4.78, 5) is 11.8. The fourth-order valence-electron chi connectivity index (χ4n) is 1.48. The lowest BCUT2D eigenvalue weighted by atomic mass is 10.1. The van der Waals surface area contributed by atoms with Crippen molar-refractivity contribution in [2.75, 3.05) is 13.2 Å². The lowest BCUT2D eigenvalue weighted by Crippen LogP contribution is -2.37. The van der Waals surface area contributed by atoms with Crippen LogP contribution in [0, 0.1) is 5.92 Å². The normalized spacial score (nSPS) is 11.7. The van der Waals surface area contributed by atoms with E-state index >= 15 is 0 Å². The molecule has 0 radical (unpaired) electrons. The third-order valence-electron chi connectivity index (χ3n) is 2.81. The monoisotopic (exact) mass is 300 g/mol. The molecule has 0 aliphatic carbocycles. The van der Waals surface area contributed by atoms with Crippen LogP contribution >= 0.6 is 12.4 Å². The van der Waals surface area contributed by atoms with E-state index in [-0.39, 0.29) is 24.4 Å². The second kappa shape index (κ2) is 9.61. The number of hydrogen-bond acceptors (Lipinski definition) is 3. The van der Waals surface area contributed by atoms with Crippen molar-refractivity contribution >= 4 is 18.3 Å². The van der Waals surface area contributed by atoms with Gasteiger partial charge in [-0.05, 0) is 43.5 Å². The average Bonchev–Trinajstić information content (AvgIpc) is 2.38. The van der Waals surface area contributed by atoms with Crippen molar-refractivity contribution in [2.24, 2.45) is 11.7 Å². The molecule has 1 amide bonds. The summed E-state index contributed by atoms with van der Waals surface area (Å²) in [6.07, 6.45) is 1.02. The number of carbonyl (C=O) groups is 1. The number of hydrogen-bond donors (Lipinski definition) is 2. The minimum atomic E-state index is -0.105. The average molecular weight is 301 g/mol. The fourth-order valence-corrected chi connectivity index (χ4v) is 1.48. The Labute approximate surface area is 127 Å². The van der Waals surface area contributed by atoms with Gasteiger partial charge in [-0.2, -0.15) is 0 Å². The molecular weight excluding hydrogens is 276 g/mol. The molecule has 0 aliphatic heterocycles. The summed E-state index contributed by atoms with van der Waals surface area (Å²) in [6, 6.07) is 7.16. The molecule has 0 fully saturated rings. The van der Waals surface area contributed by atoms with E-state index in [1.54, 1.807) is 12.1 Å². The van der Waals surface area contributed by atoms with E-state index in [1.165, 1.54) is 0 Å². The maximum Gasteiger partial charge on any atom is 0.251 e. The predicted molar refractivity (Wildman–Crippen MR) is 84.6 cm³/mol. The van der Waals surface area contributed by atoms with Crippen molar-refractivity contribution in [3.63, 3.8) is 0 Å². The Kier molecular flexibility index (Phi) is 9.01. The number of ether oxygens (including phenoxy) is 1. The van der Waals surface area contributed by atoms with Crippen LogP contribution in [0.2, 0.25) is 0 Å². The van der Waals surface area contributed by atoms with Gasteiger partial charge in [0.15, 0.2) is 0 Å². The molecule has 0 spiro atoms. The molecule has 0 aliphatic rings. The third kappa shape index (κ3) is 6.78. The van der Waals surface area contributed by atoms with Gasteiger partial charge in [-0.1, -0.05) is 13.8 Å². The Hall–Kier alpha value is -1.26. The zero-order chi connectivity index (χ0) is 14.3. The molecule has 1 atom stereocenters. The molecule has 4 nitrogen and oxygen atoms in total. The van der Waals surface area contributed by atoms with E-state index in [4.69, 9.17) is 10.5 Å². The number of halogens is 1. The van der Waals surface area contributed by atoms with Gasteiger partial charge in [-0.3, -0.25) is 4.79 Å². The van der Waals surface area contributed by atoms with Gasteiger partial charge in [0, 0.05) is 18.2 Å². The van der Waals surface area contributed by atoms with E-state index < -0.39 is 0 Å². The standard InChI is InChI=1S/C15H24N2O2.ClH/c1-11(2)8-9-19-14-6-4-13(5-7-14)15(18)17-12(3)10-16;/h4-7,11-12H,8-10,16H2,1-3H3,(H,17,18);1H/t12-;/m0./s1. The first-order chi connectivity index (χ1) is 9.02. The number of rotatable bonds is 7. The van der Waals surface area contributed by atoms with E-state index in [1.807, 2.05) is 19.1 Å². The highest BCUT2D eigenvalue weighted by Crippen LogP contribution is 2.13. The molecule has 0 bridgehead atoms. The maximum absolute atomic E-state index is 11.8. The van der Waals surface area contributed by atoms with Crippen molar-refractivity contribution in [1.29, 1.82) is 0 Å². The zero-order valence-electron chi connectivity index (χ0n) is 12.4. The first-order valence-corrected chi connectivity index (χ1v) is 6.76. The summed E-state index contributed by atoms with van der Waals surface area (Å²) in [5.74, 6) is 1.32. The largest absolute Gasteiger partial charge is 0.494 e. The molecule has 1 aromatic rings. The zero-order valence-corrected chi connectivity index (χ0v) is 13.2. The van der Waals surface area contributed by atoms with Crippen molar-refractivity contribution in [3.8, 4) is 5.75 Å². The quantitative estimate of drug-likeness (QED) is 0.813. The highest BCUT2D eigenvalue weighted by molar-refractivity contribution is 5.94. The Balaban J connectivity index is 0.00000361. The number of carbonyl (C=O) groups excluding carboxylic acids is 1. The van der Waals surface area contributed by atoms with Crippen LogP contribution in [0.4, 0.5) is 0 Å². The van der Waals surface area contributed by atoms with E-state index in [0.717, 1.165) is 12.2 Å². The van der Waals surface area contributed by atoms with Crippen LogP contribution in [0.15, 0.2) is 24.3 Å². The van der Waals surface area contributed by atoms with Crippen LogP contribution in [-0.4, -0.2) is 25.1 Å². The second-order valence-corrected chi connectivity index (χ2v) is 5.17. The molecule has 0 aromatic heterocycles. The van der Waals surface area contributed by atoms with Gasteiger partial charge >= 0.3 is 0 Å². The van der Waals surface area contributed by atoms with Gasteiger partial charge in [0.1, 0.15) is 5.75 Å². The Morgan fingerprint density at radius 3 is 2.35 bits per heavy atom. The van der Waals surface area contributed by atoms with Gasteiger partial charge in [-0.15, -0.1) is 12.4 Å². The molecule has 3 N–H and O–H groups in total. The van der Waals surface area contributed by atoms with Crippen LogP contribution in [-0.2, 0) is 0 Å². The molecule has 5 heteroatoms. The lowest BCUT2D eigenvalue weighted by molar-refractivity contribution is 0.0941. The van der Waals surface area contributed by atoms with Crippen LogP contribution < -0.4 is 15.8 Å². The molecule has 0 unspecified atom stereocenters. The van der Waals surface area contributed by atoms with E-state index in [9.17, 15) is 4.79 Å². The van der Waals surface area contributed by atoms with Crippen molar-refractivity contribution < 1.29 is 9.53 Å². The molecule has 0 saturated heterocycles. The van der Waals surface area contributed by atoms with Gasteiger partial charge in [0.2, 0.25) is 0 Å². The molecule has 0 saturated carbocycles. The predicted octanol–water partition coefficient (Wildman–Crippen LogP) is 2.61. The smallest absolute Gasteiger partial charge is 0.251 e. The SMILES string of the molecule is CC(C)CCOc1ccc(C(=O)N[C@@H](C)CN)cc1.Cl. The number of nitrogens with two attached hydrogens (primary N) is 1. The minimum absolute atomic E-state index is 0. The summed E-state index contributed by atoms with van der Waals surface area (Å²) in [5, 5.41) is 2.82. The van der Waals surface area contributed by atoms with Crippen molar-refractivity contribution in [2.45, 2.75) is 33.2 Å². The number of benzene rings is 1. The summed E-state index contributed by atoms with van der Waals surface area (Å²) in [5.41, 5.74) is 6.09. The fraction of sp³-hybridized carbons (Fsp3) is 0.533. The summed E-state index contributed by atoms with van der Waals surface area (Å²) in [6.45, 7) is 7.33. The molecule has 1 aromatic carbocycles. The Morgan fingerprint density at radius 1 is 1.25 bits per heavy atom. The Bertz CT molecular complexity index is 393. The molecule has 20 heavy (non-hydrogen) atoms. The summed E-state index contributed by atoms with van der Waals surface area (Å²) in [7, 11) is 0. The van der Waals surface area contributed by atoms with Crippen LogP contribution in [0.3, 0.4) is 0 Å². The summed E-state index contributed by atoms with van der Waals surface area (Å²) < 4.78 is 5.60. The maximum atomic E-state index is 11.8. The van der Waals surface area contributed by atoms with Crippen molar-refractivity contribution in [1.82, 2.24) is 5.32 Å². The minimum Gasteiger partial charge on any atom is -0.494 e. The molecule has 0 heterocycles. The molecule has 114 valence electrons. The summed E-state index contributed by atoms with van der Waals surface area (Å²) >= 11 is 0. The first kappa shape index (κ1) is 18.7. The van der Waals surface area contributed by atoms with E-state index in [2.05, 4.69) is 19.2 Å². The second-order valence-electron chi connectivity index (χ2n) is 5.17. The van der Waals surface area contributed by atoms with Gasteiger partial charge in [0.25, 0.3) is 5.91 Å². The first-order valence-electron chi connectivity index (χ1n) is 6.76. The highest BCUT2D eigenvalue weighted by atomic mass is 35.5. The van der Waals surface area contributed by atoms with Crippen LogP contribution in [0.5, 0.6) is 5.75 Å².